The van der Waals surface area contributed by atoms with E-state index in [1.165, 1.54) is 7.11 Å². The highest BCUT2D eigenvalue weighted by Gasteiger charge is 2.07. The molecule has 0 unspecified atom stereocenters. The van der Waals surface area contributed by atoms with Crippen molar-refractivity contribution in [2.24, 2.45) is 0 Å². The van der Waals surface area contributed by atoms with Gasteiger partial charge in [0.25, 0.3) is 0 Å². The fourth-order valence-corrected chi connectivity index (χ4v) is 1.71. The lowest BCUT2D eigenvalue weighted by Gasteiger charge is -2.12. The molecule has 1 aromatic rings. The first-order chi connectivity index (χ1) is 8.52. The standard InChI is InChI=1S/C13H20N2O3/c1-15(2)8-4-5-10-6-7-11(14-13(16)17)12(9-10)18-3/h6-7,9,14H,4-5,8H2,1-3H3,(H,16,17). The second-order valence-electron chi connectivity index (χ2n) is 4.37. The summed E-state index contributed by atoms with van der Waals surface area (Å²) in [5, 5.41) is 11.0. The lowest BCUT2D eigenvalue weighted by atomic mass is 10.1. The van der Waals surface area contributed by atoms with Gasteiger partial charge in [0.05, 0.1) is 12.8 Å². The van der Waals surface area contributed by atoms with Crippen LogP contribution in [0.3, 0.4) is 0 Å². The second-order valence-corrected chi connectivity index (χ2v) is 4.37. The van der Waals surface area contributed by atoms with Crippen molar-refractivity contribution in [3.8, 4) is 5.75 Å². The first kappa shape index (κ1) is 14.3. The highest BCUT2D eigenvalue weighted by Crippen LogP contribution is 2.26. The molecular weight excluding hydrogens is 232 g/mol. The van der Waals surface area contributed by atoms with Gasteiger partial charge in [-0.3, -0.25) is 5.32 Å². The Hall–Kier alpha value is -1.75. The molecule has 0 aliphatic heterocycles. The molecule has 5 heteroatoms. The predicted octanol–water partition coefficient (Wildman–Crippen LogP) is 2.28. The Labute approximate surface area is 107 Å². The van der Waals surface area contributed by atoms with Gasteiger partial charge in [0.1, 0.15) is 5.75 Å². The van der Waals surface area contributed by atoms with Crippen molar-refractivity contribution in [2.45, 2.75) is 12.8 Å². The molecule has 0 bridgehead atoms. The third-order valence-corrected chi connectivity index (χ3v) is 2.58. The predicted molar refractivity (Wildman–Crippen MR) is 71.5 cm³/mol. The summed E-state index contributed by atoms with van der Waals surface area (Å²) in [7, 11) is 5.62. The van der Waals surface area contributed by atoms with E-state index < -0.39 is 6.09 Å². The summed E-state index contributed by atoms with van der Waals surface area (Å²) in [6.45, 7) is 1.03. The van der Waals surface area contributed by atoms with Gasteiger partial charge in [-0.05, 0) is 51.2 Å². The SMILES string of the molecule is COc1cc(CCCN(C)C)ccc1NC(=O)O. The van der Waals surface area contributed by atoms with Crippen LogP contribution in [0.15, 0.2) is 18.2 Å². The zero-order valence-corrected chi connectivity index (χ0v) is 11.1. The topological polar surface area (TPSA) is 61.8 Å². The molecule has 2 N–H and O–H groups in total. The molecule has 1 aromatic carbocycles. The Kier molecular flexibility index (Phi) is 5.45. The van der Waals surface area contributed by atoms with Crippen LogP contribution in [0.5, 0.6) is 5.75 Å². The van der Waals surface area contributed by atoms with E-state index in [-0.39, 0.29) is 0 Å². The van der Waals surface area contributed by atoms with Gasteiger partial charge >= 0.3 is 6.09 Å². The number of rotatable bonds is 6. The maximum atomic E-state index is 10.6. The molecule has 0 saturated carbocycles. The Morgan fingerprint density at radius 1 is 1.44 bits per heavy atom. The van der Waals surface area contributed by atoms with Crippen LogP contribution in [0.4, 0.5) is 10.5 Å². The molecule has 100 valence electrons. The maximum absolute atomic E-state index is 10.6. The number of ether oxygens (including phenoxy) is 1. The fraction of sp³-hybridized carbons (Fsp3) is 0.462. The van der Waals surface area contributed by atoms with Crippen molar-refractivity contribution >= 4 is 11.8 Å². The monoisotopic (exact) mass is 252 g/mol. The van der Waals surface area contributed by atoms with Gasteiger partial charge < -0.3 is 14.7 Å². The van der Waals surface area contributed by atoms with Crippen LogP contribution in [0.1, 0.15) is 12.0 Å². The van der Waals surface area contributed by atoms with E-state index in [0.717, 1.165) is 24.9 Å². The molecule has 0 heterocycles. The number of methoxy groups -OCH3 is 1. The summed E-state index contributed by atoms with van der Waals surface area (Å²) >= 11 is 0. The number of hydrogen-bond acceptors (Lipinski definition) is 3. The molecule has 1 amide bonds. The van der Waals surface area contributed by atoms with Crippen molar-refractivity contribution in [1.29, 1.82) is 0 Å². The summed E-state index contributed by atoms with van der Waals surface area (Å²) in [4.78, 5) is 12.7. The highest BCUT2D eigenvalue weighted by atomic mass is 16.5. The number of aryl methyl sites for hydroxylation is 1. The molecule has 0 aliphatic rings. The number of anilines is 1. The highest BCUT2D eigenvalue weighted by molar-refractivity contribution is 5.85. The average Bonchev–Trinajstić information content (AvgIpc) is 2.29. The van der Waals surface area contributed by atoms with Crippen LogP contribution in [-0.2, 0) is 6.42 Å². The summed E-state index contributed by atoms with van der Waals surface area (Å²) in [5.74, 6) is 0.555. The van der Waals surface area contributed by atoms with Gasteiger partial charge in [-0.2, -0.15) is 0 Å². The minimum Gasteiger partial charge on any atom is -0.495 e. The van der Waals surface area contributed by atoms with Crippen LogP contribution in [-0.4, -0.2) is 43.8 Å². The maximum Gasteiger partial charge on any atom is 0.409 e. The minimum atomic E-state index is -1.09. The quantitative estimate of drug-likeness (QED) is 0.815. The summed E-state index contributed by atoms with van der Waals surface area (Å²) in [6, 6.07) is 5.53. The zero-order chi connectivity index (χ0) is 13.5. The molecule has 0 spiro atoms. The zero-order valence-electron chi connectivity index (χ0n) is 11.1. The molecule has 18 heavy (non-hydrogen) atoms. The molecule has 0 atom stereocenters. The van der Waals surface area contributed by atoms with E-state index >= 15 is 0 Å². The summed E-state index contributed by atoms with van der Waals surface area (Å²) < 4.78 is 5.18. The molecule has 0 fully saturated rings. The van der Waals surface area contributed by atoms with Gasteiger partial charge in [-0.15, -0.1) is 0 Å². The third kappa shape index (κ3) is 4.63. The average molecular weight is 252 g/mol. The molecule has 0 saturated heterocycles. The lowest BCUT2D eigenvalue weighted by molar-refractivity contribution is 0.209. The first-order valence-corrected chi connectivity index (χ1v) is 5.84. The van der Waals surface area contributed by atoms with E-state index in [0.29, 0.717) is 11.4 Å². The number of amides is 1. The van der Waals surface area contributed by atoms with Crippen LogP contribution in [0, 0.1) is 0 Å². The van der Waals surface area contributed by atoms with Gasteiger partial charge in [0.2, 0.25) is 0 Å². The Balaban J connectivity index is 2.69. The summed E-state index contributed by atoms with van der Waals surface area (Å²) in [6.07, 6.45) is 0.915. The summed E-state index contributed by atoms with van der Waals surface area (Å²) in [5.41, 5.74) is 1.62. The Morgan fingerprint density at radius 2 is 2.17 bits per heavy atom. The Bertz CT molecular complexity index is 405. The van der Waals surface area contributed by atoms with E-state index in [2.05, 4.69) is 10.2 Å². The van der Waals surface area contributed by atoms with E-state index in [4.69, 9.17) is 9.84 Å². The minimum absolute atomic E-state index is 0.473. The van der Waals surface area contributed by atoms with Gasteiger partial charge in [-0.1, -0.05) is 6.07 Å². The molecule has 5 nitrogen and oxygen atoms in total. The fourth-order valence-electron chi connectivity index (χ4n) is 1.71. The largest absolute Gasteiger partial charge is 0.495 e. The van der Waals surface area contributed by atoms with E-state index in [1.807, 2.05) is 26.2 Å². The van der Waals surface area contributed by atoms with Crippen molar-refractivity contribution < 1.29 is 14.6 Å². The second kappa shape index (κ2) is 6.86. The Morgan fingerprint density at radius 3 is 2.72 bits per heavy atom. The third-order valence-electron chi connectivity index (χ3n) is 2.58. The van der Waals surface area contributed by atoms with Crippen LogP contribution in [0.25, 0.3) is 0 Å². The van der Waals surface area contributed by atoms with Gasteiger partial charge in [0.15, 0.2) is 0 Å². The van der Waals surface area contributed by atoms with Crippen LogP contribution < -0.4 is 10.1 Å². The lowest BCUT2D eigenvalue weighted by Crippen LogP contribution is -2.13. The van der Waals surface area contributed by atoms with Crippen LogP contribution in [0.2, 0.25) is 0 Å². The molecule has 0 aliphatic carbocycles. The molecule has 0 aromatic heterocycles. The van der Waals surface area contributed by atoms with Crippen molar-refractivity contribution in [3.63, 3.8) is 0 Å². The van der Waals surface area contributed by atoms with E-state index in [1.54, 1.807) is 6.07 Å². The number of benzene rings is 1. The normalized spacial score (nSPS) is 10.4. The van der Waals surface area contributed by atoms with Crippen molar-refractivity contribution in [3.05, 3.63) is 23.8 Å². The van der Waals surface area contributed by atoms with E-state index in [9.17, 15) is 4.79 Å². The smallest absolute Gasteiger partial charge is 0.409 e. The van der Waals surface area contributed by atoms with Crippen LogP contribution >= 0.6 is 0 Å². The number of hydrogen-bond donors (Lipinski definition) is 2. The van der Waals surface area contributed by atoms with Gasteiger partial charge in [0, 0.05) is 0 Å². The number of nitrogens with zero attached hydrogens (tertiary/aromatic N) is 1. The molecule has 1 rings (SSSR count). The molecular formula is C13H20N2O3. The first-order valence-electron chi connectivity index (χ1n) is 5.84. The molecule has 0 radical (unpaired) electrons. The number of nitrogens with one attached hydrogen (secondary N) is 1. The number of carboxylic acid groups (broad SMARTS) is 1. The van der Waals surface area contributed by atoms with Crippen molar-refractivity contribution in [2.75, 3.05) is 33.1 Å². The number of carbonyl (C=O) groups is 1. The van der Waals surface area contributed by atoms with Gasteiger partial charge in [-0.25, -0.2) is 4.79 Å². The van der Waals surface area contributed by atoms with Crippen molar-refractivity contribution in [1.82, 2.24) is 4.90 Å².